The number of carbonyl (C=O) groups is 4. The fourth-order valence-electron chi connectivity index (χ4n) is 6.89. The molecule has 0 saturated carbocycles. The third-order valence-corrected chi connectivity index (χ3v) is 9.57. The van der Waals surface area contributed by atoms with E-state index in [1.54, 1.807) is 41.8 Å². The Bertz CT molecular complexity index is 2070. The molecule has 3 atom stereocenters. The lowest BCUT2D eigenvalue weighted by Crippen LogP contribution is -2.55. The van der Waals surface area contributed by atoms with Crippen LogP contribution in [0.25, 0.3) is 22.3 Å². The molecule has 2 aromatic carbocycles. The second-order valence-electron chi connectivity index (χ2n) is 13.7. The molecule has 0 aliphatic carbocycles. The predicted molar refractivity (Wildman–Crippen MR) is 202 cm³/mol. The molecular formula is C39H45ClN6O7. The highest BCUT2D eigenvalue weighted by Gasteiger charge is 2.51. The number of pyridine rings is 2. The highest BCUT2D eigenvalue weighted by atomic mass is 35.5. The van der Waals surface area contributed by atoms with Gasteiger partial charge in [0.25, 0.3) is 5.56 Å². The fraction of sp³-hybridized carbons (Fsp3) is 0.385. The van der Waals surface area contributed by atoms with E-state index in [4.69, 9.17) is 20.2 Å². The van der Waals surface area contributed by atoms with Gasteiger partial charge in [0.2, 0.25) is 11.5 Å². The van der Waals surface area contributed by atoms with Crippen LogP contribution in [0.3, 0.4) is 0 Å². The summed E-state index contributed by atoms with van der Waals surface area (Å²) in [6.07, 6.45) is 1.59. The van der Waals surface area contributed by atoms with Crippen molar-refractivity contribution in [2.75, 3.05) is 11.9 Å². The zero-order valence-electron chi connectivity index (χ0n) is 30.0. The zero-order chi connectivity index (χ0) is 37.0. The summed E-state index contributed by atoms with van der Waals surface area (Å²) < 4.78 is 13.3. The highest BCUT2D eigenvalue weighted by molar-refractivity contribution is 5.95. The molecule has 4 aromatic rings. The van der Waals surface area contributed by atoms with Crippen molar-refractivity contribution < 1.29 is 28.7 Å². The van der Waals surface area contributed by atoms with Gasteiger partial charge in [-0.1, -0.05) is 57.2 Å². The number of anilines is 1. The van der Waals surface area contributed by atoms with Gasteiger partial charge in [0, 0.05) is 22.2 Å². The third kappa shape index (κ3) is 8.06. The predicted octanol–water partition coefficient (Wildman–Crippen LogP) is 4.90. The Kier molecular flexibility index (Phi) is 12.2. The smallest absolute Gasteiger partial charge is 0.355 e. The molecule has 2 aliphatic heterocycles. The van der Waals surface area contributed by atoms with Gasteiger partial charge in [-0.25, -0.2) is 19.4 Å². The molecule has 0 radical (unpaired) electrons. The number of carbonyl (C=O) groups excluding carboxylic acids is 4. The number of amides is 3. The van der Waals surface area contributed by atoms with Crippen LogP contribution in [0, 0.1) is 5.92 Å². The highest BCUT2D eigenvalue weighted by Crippen LogP contribution is 2.41. The van der Waals surface area contributed by atoms with Crippen molar-refractivity contribution in [1.82, 2.24) is 20.2 Å². The maximum absolute atomic E-state index is 14.2. The third-order valence-electron chi connectivity index (χ3n) is 9.57. The van der Waals surface area contributed by atoms with Crippen molar-refractivity contribution in [3.8, 4) is 11.4 Å². The van der Waals surface area contributed by atoms with Gasteiger partial charge in [-0.15, -0.1) is 12.4 Å². The lowest BCUT2D eigenvalue weighted by atomic mass is 9.85. The summed E-state index contributed by atoms with van der Waals surface area (Å²) in [5, 5.41) is 9.15. The molecule has 5 N–H and O–H groups in total. The first-order valence-corrected chi connectivity index (χ1v) is 17.7. The largest absolute Gasteiger partial charge is 0.457 e. The first-order chi connectivity index (χ1) is 25.0. The molecular weight excluding hydrogens is 700 g/mol. The van der Waals surface area contributed by atoms with Crippen LogP contribution in [-0.2, 0) is 42.6 Å². The van der Waals surface area contributed by atoms with Gasteiger partial charge in [-0.3, -0.25) is 9.59 Å². The number of aromatic nitrogens is 2. The van der Waals surface area contributed by atoms with Crippen LogP contribution < -0.4 is 27.2 Å². The zero-order valence-corrected chi connectivity index (χ0v) is 30.8. The maximum atomic E-state index is 14.2. The summed E-state index contributed by atoms with van der Waals surface area (Å²) in [6.45, 7) is 5.88. The molecule has 0 saturated heterocycles. The van der Waals surface area contributed by atoms with Crippen LogP contribution in [-0.4, -0.2) is 52.1 Å². The van der Waals surface area contributed by atoms with E-state index in [-0.39, 0.29) is 60.9 Å². The van der Waals surface area contributed by atoms with E-state index in [0.717, 1.165) is 16.5 Å². The van der Waals surface area contributed by atoms with Gasteiger partial charge in [-0.05, 0) is 74.9 Å². The second kappa shape index (κ2) is 16.6. The Hall–Kier alpha value is -5.27. The summed E-state index contributed by atoms with van der Waals surface area (Å²) in [5.74, 6) is -2.34. The van der Waals surface area contributed by atoms with Crippen molar-refractivity contribution >= 4 is 52.9 Å². The summed E-state index contributed by atoms with van der Waals surface area (Å²) in [7, 11) is 0. The number of nitrogens with zero attached hydrogens (tertiary/aromatic N) is 2. The van der Waals surface area contributed by atoms with Gasteiger partial charge >= 0.3 is 18.0 Å². The Labute approximate surface area is 313 Å². The van der Waals surface area contributed by atoms with Gasteiger partial charge in [-0.2, -0.15) is 0 Å². The number of urea groups is 1. The SMILES string of the molecule is CC[C@@]1(OC(=O)C(CC(C)C)NC(=O)C(CCCCN)NC(=O)Nc2ccccc2)C(=O)OCc2c1cc1n(c2=O)Cc2cc3ccccc3nc2-1.Cl. The topological polar surface area (TPSA) is 184 Å². The molecule has 2 aromatic heterocycles. The van der Waals surface area contributed by atoms with Gasteiger partial charge in [0.1, 0.15) is 18.7 Å². The van der Waals surface area contributed by atoms with E-state index in [9.17, 15) is 24.0 Å². The molecule has 2 aliphatic rings. The second-order valence-corrected chi connectivity index (χ2v) is 13.7. The normalized spacial score (nSPS) is 16.7. The van der Waals surface area contributed by atoms with Crippen LogP contribution in [0.2, 0.25) is 0 Å². The molecule has 0 bridgehead atoms. The summed E-state index contributed by atoms with van der Waals surface area (Å²) in [5.41, 5.74) is 7.13. The van der Waals surface area contributed by atoms with Crippen molar-refractivity contribution in [2.24, 2.45) is 11.7 Å². The average Bonchev–Trinajstić information content (AvgIpc) is 3.49. The van der Waals surface area contributed by atoms with Gasteiger partial charge in [0.05, 0.1) is 29.0 Å². The number of nitrogens with one attached hydrogen (secondary N) is 3. The van der Waals surface area contributed by atoms with Crippen molar-refractivity contribution in [3.05, 3.63) is 93.8 Å². The monoisotopic (exact) mass is 744 g/mol. The molecule has 4 heterocycles. The molecule has 3 amide bonds. The van der Waals surface area contributed by atoms with E-state index in [1.807, 2.05) is 50.2 Å². The van der Waals surface area contributed by atoms with E-state index in [1.165, 1.54) is 0 Å². The number of halogens is 1. The average molecular weight is 745 g/mol. The number of ether oxygens (including phenoxy) is 2. The number of esters is 2. The standard InChI is InChI=1S/C39H44N6O7.ClH/c1-4-39(28-20-32-33-25(19-24-12-8-9-15-29(24)42-33)21-45(32)35(47)27(28)22-51-37(39)49)52-36(48)31(18-23(2)3)43-34(46)30(16-10-11-17-40)44-38(50)41-26-13-6-5-7-14-26;/h5-9,12-15,19-20,23,30-31H,4,10-11,16-18,21-22,40H2,1-3H3,(H,43,46)(H2,41,44,50);1H/t30?,31?,39-;/m0./s1. The van der Waals surface area contributed by atoms with E-state index < -0.39 is 41.6 Å². The van der Waals surface area contributed by atoms with E-state index >= 15 is 0 Å². The number of hydrogen-bond acceptors (Lipinski definition) is 9. The van der Waals surface area contributed by atoms with Crippen LogP contribution in [0.4, 0.5) is 10.5 Å². The number of para-hydroxylation sites is 2. The number of unbranched alkanes of at least 4 members (excludes halogenated alkanes) is 1. The Morgan fingerprint density at radius 2 is 1.74 bits per heavy atom. The fourth-order valence-corrected chi connectivity index (χ4v) is 6.89. The number of nitrogens with two attached hydrogens (primary N) is 1. The number of rotatable bonds is 13. The quantitative estimate of drug-likeness (QED) is 0.0962. The van der Waals surface area contributed by atoms with Crippen molar-refractivity contribution in [1.29, 1.82) is 0 Å². The van der Waals surface area contributed by atoms with Gasteiger partial charge in [0.15, 0.2) is 0 Å². The Morgan fingerprint density at radius 3 is 2.45 bits per heavy atom. The van der Waals surface area contributed by atoms with E-state index in [2.05, 4.69) is 16.0 Å². The van der Waals surface area contributed by atoms with Gasteiger partial charge < -0.3 is 35.7 Å². The summed E-state index contributed by atoms with van der Waals surface area (Å²) >= 11 is 0. The Balaban J connectivity index is 0.00000541. The van der Waals surface area contributed by atoms with Crippen LogP contribution >= 0.6 is 12.4 Å². The lowest BCUT2D eigenvalue weighted by molar-refractivity contribution is -0.191. The van der Waals surface area contributed by atoms with Crippen LogP contribution in [0.15, 0.2) is 71.5 Å². The number of benzene rings is 2. The molecule has 0 fully saturated rings. The molecule has 280 valence electrons. The molecule has 2 unspecified atom stereocenters. The minimum atomic E-state index is -1.95. The first kappa shape index (κ1) is 38.9. The maximum Gasteiger partial charge on any atom is 0.355 e. The summed E-state index contributed by atoms with van der Waals surface area (Å²) in [6, 6.07) is 17.4. The molecule has 53 heavy (non-hydrogen) atoms. The molecule has 13 nitrogen and oxygen atoms in total. The number of cyclic esters (lactones) is 1. The van der Waals surface area contributed by atoms with Crippen LogP contribution in [0.1, 0.15) is 69.6 Å². The Morgan fingerprint density at radius 1 is 1.00 bits per heavy atom. The summed E-state index contributed by atoms with van der Waals surface area (Å²) in [4.78, 5) is 73.3. The van der Waals surface area contributed by atoms with Crippen LogP contribution in [0.5, 0.6) is 0 Å². The molecule has 6 rings (SSSR count). The molecule has 14 heteroatoms. The number of fused-ring (bicyclic) bond motifs is 5. The van der Waals surface area contributed by atoms with Crippen molar-refractivity contribution in [2.45, 2.75) is 83.7 Å². The minimum Gasteiger partial charge on any atom is -0.457 e. The minimum absolute atomic E-state index is 0. The molecule has 0 spiro atoms. The first-order valence-electron chi connectivity index (χ1n) is 17.7. The van der Waals surface area contributed by atoms with Crippen molar-refractivity contribution in [3.63, 3.8) is 0 Å². The lowest BCUT2D eigenvalue weighted by Gasteiger charge is -2.37. The number of hydrogen-bond donors (Lipinski definition) is 4. The van der Waals surface area contributed by atoms with E-state index in [0.29, 0.717) is 43.0 Å².